The smallest absolute Gasteiger partial charge is 0.243 e. The normalized spacial score (nSPS) is 15.0. The number of nitrogens with zero attached hydrogens (tertiary/aromatic N) is 4. The van der Waals surface area contributed by atoms with Crippen molar-refractivity contribution in [3.05, 3.63) is 65.7 Å². The summed E-state index contributed by atoms with van der Waals surface area (Å²) in [6.45, 7) is 8.54. The molecule has 7 nitrogen and oxygen atoms in total. The molecular weight excluding hydrogens is 424 g/mol. The number of piperazine rings is 1. The van der Waals surface area contributed by atoms with Gasteiger partial charge in [-0.15, -0.1) is 10.2 Å². The van der Waals surface area contributed by atoms with Crippen LogP contribution >= 0.6 is 0 Å². The second kappa shape index (κ2) is 9.26. The third kappa shape index (κ3) is 4.61. The van der Waals surface area contributed by atoms with Gasteiger partial charge in [-0.3, -0.25) is 0 Å². The van der Waals surface area contributed by atoms with Crippen molar-refractivity contribution in [2.24, 2.45) is 0 Å². The highest BCUT2D eigenvalue weighted by atomic mass is 32.2. The Morgan fingerprint density at radius 2 is 1.59 bits per heavy atom. The van der Waals surface area contributed by atoms with Crippen LogP contribution in [0.1, 0.15) is 18.1 Å². The van der Waals surface area contributed by atoms with E-state index >= 15 is 0 Å². The molecule has 1 fully saturated rings. The molecule has 2 aromatic carbocycles. The molecule has 0 radical (unpaired) electrons. The standard InChI is InChI=1S/C24H28N4O3S/c1-4-31-21-7-9-22(10-8-21)32(29,30)28-15-13-27(14-16-28)24-12-11-23(25-26-24)20-6-5-18(2)19(3)17-20/h5-12,17H,4,13-16H2,1-3H3. The lowest BCUT2D eigenvalue weighted by atomic mass is 10.0. The van der Waals surface area contributed by atoms with Crippen LogP contribution in [0.2, 0.25) is 0 Å². The molecule has 1 saturated heterocycles. The van der Waals surface area contributed by atoms with Gasteiger partial charge in [0.05, 0.1) is 17.2 Å². The van der Waals surface area contributed by atoms with Gasteiger partial charge in [0.1, 0.15) is 5.75 Å². The zero-order valence-corrected chi connectivity index (χ0v) is 19.5. The Balaban J connectivity index is 1.41. The van der Waals surface area contributed by atoms with Crippen molar-refractivity contribution in [1.82, 2.24) is 14.5 Å². The fraction of sp³-hybridized carbons (Fsp3) is 0.333. The van der Waals surface area contributed by atoms with E-state index in [0.29, 0.717) is 38.5 Å². The first-order valence-electron chi connectivity index (χ1n) is 10.8. The lowest BCUT2D eigenvalue weighted by Crippen LogP contribution is -2.48. The van der Waals surface area contributed by atoms with Crippen molar-refractivity contribution in [3.8, 4) is 17.0 Å². The highest BCUT2D eigenvalue weighted by molar-refractivity contribution is 7.89. The van der Waals surface area contributed by atoms with Crippen LogP contribution < -0.4 is 9.64 Å². The Kier molecular flexibility index (Phi) is 6.43. The van der Waals surface area contributed by atoms with Gasteiger partial charge in [-0.1, -0.05) is 12.1 Å². The van der Waals surface area contributed by atoms with Gasteiger partial charge < -0.3 is 9.64 Å². The number of aryl methyl sites for hydroxylation is 2. The predicted octanol–water partition coefficient (Wildman–Crippen LogP) is 3.67. The Morgan fingerprint density at radius 3 is 2.19 bits per heavy atom. The third-order valence-electron chi connectivity index (χ3n) is 5.79. The lowest BCUT2D eigenvalue weighted by Gasteiger charge is -2.34. The van der Waals surface area contributed by atoms with Crippen LogP contribution in [0.3, 0.4) is 0 Å². The van der Waals surface area contributed by atoms with Crippen molar-refractivity contribution in [2.75, 3.05) is 37.7 Å². The molecule has 0 N–H and O–H groups in total. The van der Waals surface area contributed by atoms with Crippen molar-refractivity contribution < 1.29 is 13.2 Å². The van der Waals surface area contributed by atoms with Crippen LogP contribution in [-0.2, 0) is 10.0 Å². The van der Waals surface area contributed by atoms with Crippen LogP contribution in [0.4, 0.5) is 5.82 Å². The number of hydrogen-bond donors (Lipinski definition) is 0. The molecule has 0 aliphatic carbocycles. The average molecular weight is 453 g/mol. The van der Waals surface area contributed by atoms with Crippen LogP contribution in [0.5, 0.6) is 5.75 Å². The van der Waals surface area contributed by atoms with E-state index in [1.165, 1.54) is 15.4 Å². The molecule has 168 valence electrons. The molecule has 3 aromatic rings. The highest BCUT2D eigenvalue weighted by Gasteiger charge is 2.29. The predicted molar refractivity (Wildman–Crippen MR) is 126 cm³/mol. The average Bonchev–Trinajstić information content (AvgIpc) is 2.82. The molecule has 0 spiro atoms. The van der Waals surface area contributed by atoms with Gasteiger partial charge in [-0.2, -0.15) is 4.31 Å². The Labute approximate surface area is 189 Å². The zero-order chi connectivity index (χ0) is 22.7. The summed E-state index contributed by atoms with van der Waals surface area (Å²) in [5, 5.41) is 8.80. The summed E-state index contributed by atoms with van der Waals surface area (Å²) in [6, 6.07) is 16.8. The third-order valence-corrected chi connectivity index (χ3v) is 7.70. The Morgan fingerprint density at radius 1 is 0.875 bits per heavy atom. The quantitative estimate of drug-likeness (QED) is 0.568. The lowest BCUT2D eigenvalue weighted by molar-refractivity contribution is 0.340. The largest absolute Gasteiger partial charge is 0.494 e. The van der Waals surface area contributed by atoms with Crippen molar-refractivity contribution in [3.63, 3.8) is 0 Å². The number of hydrogen-bond acceptors (Lipinski definition) is 6. The van der Waals surface area contributed by atoms with Gasteiger partial charge in [0, 0.05) is 31.7 Å². The first-order valence-corrected chi connectivity index (χ1v) is 12.2. The van der Waals surface area contributed by atoms with Crippen LogP contribution in [0.15, 0.2) is 59.5 Å². The minimum Gasteiger partial charge on any atom is -0.494 e. The topological polar surface area (TPSA) is 75.6 Å². The number of anilines is 1. The Bertz CT molecular complexity index is 1170. The molecule has 4 rings (SSSR count). The van der Waals surface area contributed by atoms with E-state index in [1.807, 2.05) is 19.1 Å². The van der Waals surface area contributed by atoms with E-state index in [0.717, 1.165) is 17.1 Å². The van der Waals surface area contributed by atoms with Gasteiger partial charge in [0.2, 0.25) is 10.0 Å². The number of aromatic nitrogens is 2. The first-order chi connectivity index (χ1) is 15.4. The fourth-order valence-corrected chi connectivity index (χ4v) is 5.15. The number of ether oxygens (including phenoxy) is 1. The molecule has 0 bridgehead atoms. The minimum absolute atomic E-state index is 0.284. The zero-order valence-electron chi connectivity index (χ0n) is 18.7. The summed E-state index contributed by atoms with van der Waals surface area (Å²) in [6.07, 6.45) is 0. The van der Waals surface area contributed by atoms with Gasteiger partial charge in [0.25, 0.3) is 0 Å². The number of benzene rings is 2. The van der Waals surface area contributed by atoms with Crippen LogP contribution in [0.25, 0.3) is 11.3 Å². The molecule has 0 saturated carbocycles. The molecule has 0 unspecified atom stereocenters. The van der Waals surface area contributed by atoms with E-state index in [2.05, 4.69) is 47.1 Å². The SMILES string of the molecule is CCOc1ccc(S(=O)(=O)N2CCN(c3ccc(-c4ccc(C)c(C)c4)nn3)CC2)cc1. The Hall–Kier alpha value is -2.97. The second-order valence-corrected chi connectivity index (χ2v) is 9.81. The minimum atomic E-state index is -3.53. The summed E-state index contributed by atoms with van der Waals surface area (Å²) < 4.78 is 32.9. The van der Waals surface area contributed by atoms with Crippen molar-refractivity contribution in [2.45, 2.75) is 25.7 Å². The monoisotopic (exact) mass is 452 g/mol. The van der Waals surface area contributed by atoms with Crippen LogP contribution in [-0.4, -0.2) is 55.7 Å². The summed E-state index contributed by atoms with van der Waals surface area (Å²) in [7, 11) is -3.53. The molecule has 1 aliphatic rings. The van der Waals surface area contributed by atoms with E-state index in [1.54, 1.807) is 24.3 Å². The van der Waals surface area contributed by atoms with Gasteiger partial charge >= 0.3 is 0 Å². The summed E-state index contributed by atoms with van der Waals surface area (Å²) >= 11 is 0. The van der Waals surface area contributed by atoms with Crippen LogP contribution in [0, 0.1) is 13.8 Å². The van der Waals surface area contributed by atoms with E-state index in [4.69, 9.17) is 4.74 Å². The van der Waals surface area contributed by atoms with E-state index < -0.39 is 10.0 Å². The summed E-state index contributed by atoms with van der Waals surface area (Å²) in [5.41, 5.74) is 4.33. The van der Waals surface area contributed by atoms with Gasteiger partial charge in [0.15, 0.2) is 5.82 Å². The maximum absolute atomic E-state index is 13.0. The molecule has 32 heavy (non-hydrogen) atoms. The van der Waals surface area contributed by atoms with Crippen molar-refractivity contribution >= 4 is 15.8 Å². The molecule has 0 atom stereocenters. The molecule has 8 heteroatoms. The summed E-state index contributed by atoms with van der Waals surface area (Å²) in [4.78, 5) is 2.36. The van der Waals surface area contributed by atoms with Crippen molar-refractivity contribution in [1.29, 1.82) is 0 Å². The number of sulfonamides is 1. The van der Waals surface area contributed by atoms with Gasteiger partial charge in [-0.05, 0) is 74.4 Å². The fourth-order valence-electron chi connectivity index (χ4n) is 3.73. The highest BCUT2D eigenvalue weighted by Crippen LogP contribution is 2.24. The molecule has 1 aromatic heterocycles. The molecule has 0 amide bonds. The number of rotatable bonds is 6. The molecular formula is C24H28N4O3S. The van der Waals surface area contributed by atoms with E-state index in [9.17, 15) is 8.42 Å². The maximum atomic E-state index is 13.0. The maximum Gasteiger partial charge on any atom is 0.243 e. The summed E-state index contributed by atoms with van der Waals surface area (Å²) in [5.74, 6) is 1.43. The van der Waals surface area contributed by atoms with Gasteiger partial charge in [-0.25, -0.2) is 8.42 Å². The molecule has 1 aliphatic heterocycles. The second-order valence-electron chi connectivity index (χ2n) is 7.87. The van der Waals surface area contributed by atoms with E-state index in [-0.39, 0.29) is 4.90 Å². The first kappa shape index (κ1) is 22.2. The molecule has 2 heterocycles.